The lowest BCUT2D eigenvalue weighted by atomic mass is 9.98. The first-order valence-electron chi connectivity index (χ1n) is 12.7. The lowest BCUT2D eigenvalue weighted by Crippen LogP contribution is -2.47. The van der Waals surface area contributed by atoms with Crippen molar-refractivity contribution in [3.63, 3.8) is 0 Å². The number of rotatable bonds is 5. The number of hydrogen-bond acceptors (Lipinski definition) is 6. The molecule has 0 radical (unpaired) electrons. The number of fused-ring (bicyclic) bond motifs is 1. The highest BCUT2D eigenvalue weighted by Crippen LogP contribution is 2.36. The molecule has 37 heavy (non-hydrogen) atoms. The smallest absolute Gasteiger partial charge is 0.258 e. The van der Waals surface area contributed by atoms with Crippen molar-refractivity contribution in [2.24, 2.45) is 5.92 Å². The molecule has 2 aliphatic heterocycles. The molecule has 9 heteroatoms. The summed E-state index contributed by atoms with van der Waals surface area (Å²) in [4.78, 5) is 21.0. The minimum absolute atomic E-state index is 0.0700. The van der Waals surface area contributed by atoms with Crippen molar-refractivity contribution in [2.45, 2.75) is 12.8 Å². The molecule has 2 aromatic carbocycles. The minimum Gasteiger partial charge on any atom is -0.491 e. The number of piperazine rings is 1. The second-order valence-corrected chi connectivity index (χ2v) is 9.97. The van der Waals surface area contributed by atoms with Crippen molar-refractivity contribution in [1.29, 1.82) is 0 Å². The molecule has 7 nitrogen and oxygen atoms in total. The monoisotopic (exact) mass is 505 g/mol. The number of benzene rings is 2. The summed E-state index contributed by atoms with van der Waals surface area (Å²) in [6.07, 6.45) is 2.73. The zero-order valence-corrected chi connectivity index (χ0v) is 20.5. The van der Waals surface area contributed by atoms with E-state index in [0.717, 1.165) is 37.8 Å². The van der Waals surface area contributed by atoms with Crippen LogP contribution in [0.25, 0.3) is 22.3 Å². The van der Waals surface area contributed by atoms with Crippen molar-refractivity contribution >= 4 is 17.4 Å². The Balaban J connectivity index is 1.26. The second kappa shape index (κ2) is 9.63. The molecule has 1 aromatic heterocycles. The molecular formula is C28H29F2N5O2. The molecule has 3 aliphatic rings. The summed E-state index contributed by atoms with van der Waals surface area (Å²) >= 11 is 0. The first kappa shape index (κ1) is 23.7. The van der Waals surface area contributed by atoms with Crippen molar-refractivity contribution in [3.8, 4) is 28.0 Å². The van der Waals surface area contributed by atoms with Gasteiger partial charge >= 0.3 is 0 Å². The fourth-order valence-corrected chi connectivity index (χ4v) is 5.13. The first-order chi connectivity index (χ1) is 18.0. The van der Waals surface area contributed by atoms with Crippen molar-refractivity contribution in [3.05, 3.63) is 59.8 Å². The lowest BCUT2D eigenvalue weighted by molar-refractivity contribution is 0.0953. The number of nitrogen functional groups attached to an aromatic ring is 1. The fourth-order valence-electron chi connectivity index (χ4n) is 5.13. The average molecular weight is 506 g/mol. The van der Waals surface area contributed by atoms with Crippen LogP contribution in [0.2, 0.25) is 0 Å². The zero-order chi connectivity index (χ0) is 25.5. The Hall–Kier alpha value is -3.72. The van der Waals surface area contributed by atoms with Crippen LogP contribution in [-0.2, 0) is 0 Å². The average Bonchev–Trinajstić information content (AvgIpc) is 3.72. The quantitative estimate of drug-likeness (QED) is 0.512. The maximum Gasteiger partial charge on any atom is 0.258 e. The third-order valence-corrected chi connectivity index (χ3v) is 7.37. The molecular weight excluding hydrogens is 476 g/mol. The molecule has 1 saturated carbocycles. The van der Waals surface area contributed by atoms with Gasteiger partial charge in [-0.2, -0.15) is 4.39 Å². The van der Waals surface area contributed by atoms with Gasteiger partial charge in [-0.05, 0) is 60.2 Å². The van der Waals surface area contributed by atoms with Gasteiger partial charge in [-0.3, -0.25) is 9.69 Å². The van der Waals surface area contributed by atoms with E-state index >= 15 is 0 Å². The molecule has 3 N–H and O–H groups in total. The predicted molar refractivity (Wildman–Crippen MR) is 139 cm³/mol. The number of amides is 1. The number of carbonyl (C=O) groups is 1. The summed E-state index contributed by atoms with van der Waals surface area (Å²) < 4.78 is 35.4. The van der Waals surface area contributed by atoms with Crippen LogP contribution in [0.1, 0.15) is 23.2 Å². The van der Waals surface area contributed by atoms with Crippen LogP contribution in [0.15, 0.2) is 42.5 Å². The van der Waals surface area contributed by atoms with Gasteiger partial charge in [-0.1, -0.05) is 12.1 Å². The highest BCUT2D eigenvalue weighted by atomic mass is 19.1. The Morgan fingerprint density at radius 2 is 1.76 bits per heavy atom. The third kappa shape index (κ3) is 4.83. The standard InChI is InChI=1S/C28H29F2N5O2/c29-23-13-19(14-24-25(23)28(36)32-7-12-37-24)22-15-21(26(30)33-27(22)31)18-3-5-20(6-4-18)35-10-8-34(9-11-35)16-17-1-2-17/h3-6,13-15,17H,1-2,7-12,16H2,(H2,31,33)(H,32,36). The largest absolute Gasteiger partial charge is 0.491 e. The van der Waals surface area contributed by atoms with Gasteiger partial charge < -0.3 is 20.7 Å². The Morgan fingerprint density at radius 1 is 1.00 bits per heavy atom. The number of carbonyl (C=O) groups excluding carboxylic acids is 1. The van der Waals surface area contributed by atoms with Crippen LogP contribution in [0.5, 0.6) is 5.75 Å². The molecule has 0 atom stereocenters. The van der Waals surface area contributed by atoms with Crippen LogP contribution in [0.3, 0.4) is 0 Å². The van der Waals surface area contributed by atoms with Gasteiger partial charge in [0.05, 0.1) is 6.54 Å². The Bertz CT molecular complexity index is 1340. The molecule has 1 saturated heterocycles. The summed E-state index contributed by atoms with van der Waals surface area (Å²) in [5, 5.41) is 2.59. The number of nitrogens with one attached hydrogen (secondary N) is 1. The molecule has 3 heterocycles. The van der Waals surface area contributed by atoms with Gasteiger partial charge in [0.15, 0.2) is 0 Å². The Kier molecular flexibility index (Phi) is 6.16. The molecule has 1 amide bonds. The van der Waals surface area contributed by atoms with E-state index in [1.165, 1.54) is 25.5 Å². The molecule has 192 valence electrons. The normalized spacial score (nSPS) is 18.1. The van der Waals surface area contributed by atoms with E-state index in [2.05, 4.69) is 20.1 Å². The number of halogens is 2. The molecule has 0 spiro atoms. The van der Waals surface area contributed by atoms with E-state index in [0.29, 0.717) is 16.7 Å². The van der Waals surface area contributed by atoms with Crippen molar-refractivity contribution in [2.75, 3.05) is 56.5 Å². The first-order valence-corrected chi connectivity index (χ1v) is 12.7. The van der Waals surface area contributed by atoms with Gasteiger partial charge in [0.1, 0.15) is 29.6 Å². The van der Waals surface area contributed by atoms with Crippen LogP contribution in [0.4, 0.5) is 20.3 Å². The summed E-state index contributed by atoms with van der Waals surface area (Å²) in [7, 11) is 0. The fraction of sp³-hybridized carbons (Fsp3) is 0.357. The van der Waals surface area contributed by atoms with Crippen LogP contribution in [-0.4, -0.2) is 61.7 Å². The van der Waals surface area contributed by atoms with Gasteiger partial charge in [0.25, 0.3) is 5.91 Å². The van der Waals surface area contributed by atoms with Gasteiger partial charge in [-0.15, -0.1) is 0 Å². The van der Waals surface area contributed by atoms with E-state index in [9.17, 15) is 13.6 Å². The summed E-state index contributed by atoms with van der Waals surface area (Å²) in [5.41, 5.74) is 8.62. The van der Waals surface area contributed by atoms with Crippen LogP contribution >= 0.6 is 0 Å². The van der Waals surface area contributed by atoms with Gasteiger partial charge in [0, 0.05) is 49.5 Å². The number of nitrogens with two attached hydrogens (primary N) is 1. The number of ether oxygens (including phenoxy) is 1. The highest BCUT2D eigenvalue weighted by molar-refractivity contribution is 5.98. The van der Waals surface area contributed by atoms with Crippen molar-refractivity contribution in [1.82, 2.24) is 15.2 Å². The second-order valence-electron chi connectivity index (χ2n) is 9.97. The number of nitrogens with zero attached hydrogens (tertiary/aromatic N) is 3. The van der Waals surface area contributed by atoms with E-state index in [-0.39, 0.29) is 35.8 Å². The third-order valence-electron chi connectivity index (χ3n) is 7.37. The number of anilines is 2. The molecule has 1 aliphatic carbocycles. The van der Waals surface area contributed by atoms with E-state index < -0.39 is 17.7 Å². The summed E-state index contributed by atoms with van der Waals surface area (Å²) in [6.45, 7) is 5.76. The number of aromatic nitrogens is 1. The number of hydrogen-bond donors (Lipinski definition) is 2. The molecule has 3 aromatic rings. The van der Waals surface area contributed by atoms with Gasteiger partial charge in [-0.25, -0.2) is 9.37 Å². The Labute approximate surface area is 214 Å². The topological polar surface area (TPSA) is 83.7 Å². The molecule has 0 bridgehead atoms. The molecule has 2 fully saturated rings. The van der Waals surface area contributed by atoms with Crippen LogP contribution < -0.4 is 20.7 Å². The molecule has 6 rings (SSSR count). The van der Waals surface area contributed by atoms with Crippen LogP contribution in [0, 0.1) is 17.7 Å². The highest BCUT2D eigenvalue weighted by Gasteiger charge is 2.27. The Morgan fingerprint density at radius 3 is 2.49 bits per heavy atom. The maximum absolute atomic E-state index is 14.9. The minimum atomic E-state index is -0.737. The van der Waals surface area contributed by atoms with E-state index in [1.54, 1.807) is 12.1 Å². The van der Waals surface area contributed by atoms with E-state index in [4.69, 9.17) is 10.5 Å². The number of pyridine rings is 1. The lowest BCUT2D eigenvalue weighted by Gasteiger charge is -2.36. The SMILES string of the molecule is Nc1nc(F)c(-c2ccc(N3CCN(CC4CC4)CC3)cc2)cc1-c1cc(F)c2c(c1)OCCNC2=O. The van der Waals surface area contributed by atoms with Crippen molar-refractivity contribution < 1.29 is 18.3 Å². The predicted octanol–water partition coefficient (Wildman–Crippen LogP) is 3.93. The van der Waals surface area contributed by atoms with E-state index in [1.807, 2.05) is 24.3 Å². The molecule has 0 unspecified atom stereocenters. The zero-order valence-electron chi connectivity index (χ0n) is 20.5. The van der Waals surface area contributed by atoms with Gasteiger partial charge in [0.2, 0.25) is 5.95 Å². The maximum atomic E-state index is 14.9. The summed E-state index contributed by atoms with van der Waals surface area (Å²) in [6, 6.07) is 12.1. The summed E-state index contributed by atoms with van der Waals surface area (Å²) in [5.74, 6) is -1.02.